The molecule has 1 fully saturated rings. The summed E-state index contributed by atoms with van der Waals surface area (Å²) < 4.78 is 25.7. The van der Waals surface area contributed by atoms with Gasteiger partial charge in [-0.15, -0.1) is 11.3 Å². The molecule has 3 rings (SSSR count). The van der Waals surface area contributed by atoms with Crippen LogP contribution in [0.2, 0.25) is 0 Å². The van der Waals surface area contributed by atoms with E-state index in [9.17, 15) is 14.3 Å². The Bertz CT molecular complexity index is 786. The van der Waals surface area contributed by atoms with Crippen molar-refractivity contribution in [2.75, 3.05) is 33.4 Å². The fourth-order valence-corrected chi connectivity index (χ4v) is 3.34. The summed E-state index contributed by atoms with van der Waals surface area (Å²) in [7, 11) is 1.97. The van der Waals surface area contributed by atoms with E-state index in [-0.39, 0.29) is 36.2 Å². The standard InChI is InChI=1S/C17H19FN2O4S.Li/c1-10-7-19-16(25-10)13-5-12(6-14(15(13)18)17(21)22)24-9-11-8-23-4-3-20(11)2;/h5-7,11H,3-4,8-9H2,1-2H3,(H,21,22);/q;+1/p-1/t11-;/m0./s1. The van der Waals surface area contributed by atoms with Crippen molar-refractivity contribution in [2.24, 2.45) is 0 Å². The summed E-state index contributed by atoms with van der Waals surface area (Å²) in [5.41, 5.74) is -0.434. The van der Waals surface area contributed by atoms with Crippen molar-refractivity contribution >= 4 is 17.3 Å². The first-order chi connectivity index (χ1) is 12.0. The molecule has 1 aliphatic heterocycles. The van der Waals surface area contributed by atoms with Crippen molar-refractivity contribution in [3.63, 3.8) is 0 Å². The number of rotatable bonds is 5. The van der Waals surface area contributed by atoms with Gasteiger partial charge in [0.2, 0.25) is 0 Å². The Morgan fingerprint density at radius 1 is 1.54 bits per heavy atom. The zero-order valence-electron chi connectivity index (χ0n) is 15.0. The maximum atomic E-state index is 14.5. The van der Waals surface area contributed by atoms with Gasteiger partial charge in [-0.05, 0) is 26.1 Å². The smallest absolute Gasteiger partial charge is 0.545 e. The predicted octanol–water partition coefficient (Wildman–Crippen LogP) is -1.67. The number of carboxylic acids is 1. The number of hydrogen-bond donors (Lipinski definition) is 0. The van der Waals surface area contributed by atoms with E-state index in [4.69, 9.17) is 9.47 Å². The van der Waals surface area contributed by atoms with Gasteiger partial charge in [-0.1, -0.05) is 0 Å². The van der Waals surface area contributed by atoms with Crippen LogP contribution in [0.3, 0.4) is 0 Å². The van der Waals surface area contributed by atoms with E-state index in [0.717, 1.165) is 17.5 Å². The van der Waals surface area contributed by atoms with E-state index in [0.29, 0.717) is 24.8 Å². The molecule has 0 spiro atoms. The minimum Gasteiger partial charge on any atom is -0.545 e. The second-order valence-corrected chi connectivity index (χ2v) is 7.15. The van der Waals surface area contributed by atoms with Crippen molar-refractivity contribution in [2.45, 2.75) is 13.0 Å². The molecule has 2 heterocycles. The second-order valence-electron chi connectivity index (χ2n) is 5.92. The first-order valence-corrected chi connectivity index (χ1v) is 8.66. The topological polar surface area (TPSA) is 74.7 Å². The van der Waals surface area contributed by atoms with Gasteiger partial charge in [0.15, 0.2) is 0 Å². The fraction of sp³-hybridized carbons (Fsp3) is 0.412. The van der Waals surface area contributed by atoms with Gasteiger partial charge in [-0.25, -0.2) is 9.37 Å². The number of benzene rings is 1. The van der Waals surface area contributed by atoms with Crippen molar-refractivity contribution in [3.8, 4) is 16.3 Å². The Morgan fingerprint density at radius 3 is 2.92 bits per heavy atom. The van der Waals surface area contributed by atoms with Gasteiger partial charge in [0.05, 0.1) is 30.8 Å². The van der Waals surface area contributed by atoms with Crippen molar-refractivity contribution in [1.29, 1.82) is 0 Å². The number of halogens is 1. The van der Waals surface area contributed by atoms with Gasteiger partial charge in [-0.3, -0.25) is 4.90 Å². The minimum absolute atomic E-state index is 0. The molecule has 0 aliphatic carbocycles. The maximum Gasteiger partial charge on any atom is 1.00 e. The fourth-order valence-electron chi connectivity index (χ4n) is 2.57. The van der Waals surface area contributed by atoms with Crippen LogP contribution in [0.4, 0.5) is 4.39 Å². The number of carboxylic acid groups (broad SMARTS) is 1. The zero-order valence-corrected chi connectivity index (χ0v) is 15.8. The zero-order chi connectivity index (χ0) is 18.0. The van der Waals surface area contributed by atoms with E-state index in [1.54, 1.807) is 6.20 Å². The van der Waals surface area contributed by atoms with E-state index in [1.807, 2.05) is 14.0 Å². The number of carbonyl (C=O) groups is 1. The average molecular weight is 372 g/mol. The van der Waals surface area contributed by atoms with Crippen molar-refractivity contribution < 1.29 is 42.6 Å². The molecule has 0 bridgehead atoms. The number of aromatic carboxylic acids is 1. The van der Waals surface area contributed by atoms with Crippen LogP contribution in [0.15, 0.2) is 18.3 Å². The quantitative estimate of drug-likeness (QED) is 0.585. The summed E-state index contributed by atoms with van der Waals surface area (Å²) >= 11 is 1.28. The Hall–Kier alpha value is -1.43. The second kappa shape index (κ2) is 8.98. The molecule has 1 saturated heterocycles. The molecule has 134 valence electrons. The molecule has 9 heteroatoms. The third-order valence-corrected chi connectivity index (χ3v) is 5.03. The molecule has 26 heavy (non-hydrogen) atoms. The Morgan fingerprint density at radius 2 is 2.31 bits per heavy atom. The molecule has 1 atom stereocenters. The van der Waals surface area contributed by atoms with Crippen molar-refractivity contribution in [1.82, 2.24) is 9.88 Å². The van der Waals surface area contributed by atoms with Crippen LogP contribution in [0, 0.1) is 12.7 Å². The third-order valence-electron chi connectivity index (χ3n) is 4.08. The SMILES string of the molecule is Cc1cnc(-c2cc(OC[C@@H]3COCCN3C)cc(C(=O)[O-])c2F)s1.[Li+]. The van der Waals surface area contributed by atoms with Gasteiger partial charge < -0.3 is 19.4 Å². The molecule has 0 saturated carbocycles. The first kappa shape index (κ1) is 20.9. The summed E-state index contributed by atoms with van der Waals surface area (Å²) in [5.74, 6) is -2.18. The summed E-state index contributed by atoms with van der Waals surface area (Å²) in [6.45, 7) is 4.16. The molecule has 0 N–H and O–H groups in total. The van der Waals surface area contributed by atoms with E-state index in [2.05, 4.69) is 9.88 Å². The van der Waals surface area contributed by atoms with Crippen LogP contribution in [-0.4, -0.2) is 55.3 Å². The number of nitrogens with zero attached hydrogens (tertiary/aromatic N) is 2. The van der Waals surface area contributed by atoms with E-state index < -0.39 is 17.3 Å². The molecule has 0 amide bonds. The first-order valence-electron chi connectivity index (χ1n) is 7.84. The van der Waals surface area contributed by atoms with Crippen LogP contribution in [0.25, 0.3) is 10.6 Å². The summed E-state index contributed by atoms with van der Waals surface area (Å²) in [4.78, 5) is 18.4. The minimum atomic E-state index is -1.59. The van der Waals surface area contributed by atoms with Gasteiger partial charge in [-0.2, -0.15) is 0 Å². The molecular weight excluding hydrogens is 354 g/mol. The Kier molecular flexibility index (Phi) is 7.21. The average Bonchev–Trinajstić information content (AvgIpc) is 3.01. The molecule has 6 nitrogen and oxygen atoms in total. The third kappa shape index (κ3) is 4.64. The monoisotopic (exact) mass is 372 g/mol. The molecular formula is C17H18FLiN2O4S. The van der Waals surface area contributed by atoms with Crippen LogP contribution in [-0.2, 0) is 4.74 Å². The number of likely N-dealkylation sites (N-methyl/N-ethyl adjacent to an activating group) is 1. The van der Waals surface area contributed by atoms with Crippen LogP contribution in [0.1, 0.15) is 15.2 Å². The number of aromatic nitrogens is 1. The summed E-state index contributed by atoms with van der Waals surface area (Å²) in [5, 5.41) is 11.7. The number of carbonyl (C=O) groups excluding carboxylic acids is 1. The molecule has 1 aromatic heterocycles. The largest absolute Gasteiger partial charge is 1.00 e. The summed E-state index contributed by atoms with van der Waals surface area (Å²) in [6, 6.07) is 2.68. The summed E-state index contributed by atoms with van der Waals surface area (Å²) in [6.07, 6.45) is 1.61. The number of hydrogen-bond acceptors (Lipinski definition) is 7. The maximum absolute atomic E-state index is 14.5. The van der Waals surface area contributed by atoms with Crippen LogP contribution >= 0.6 is 11.3 Å². The number of thiazole rings is 1. The normalized spacial score (nSPS) is 17.6. The van der Waals surface area contributed by atoms with Gasteiger partial charge >= 0.3 is 18.9 Å². The van der Waals surface area contributed by atoms with Crippen LogP contribution in [0.5, 0.6) is 5.75 Å². The van der Waals surface area contributed by atoms with Gasteiger partial charge in [0.25, 0.3) is 0 Å². The molecule has 1 aliphatic rings. The Balaban J connectivity index is 0.00000243. The van der Waals surface area contributed by atoms with Gasteiger partial charge in [0.1, 0.15) is 23.2 Å². The number of aryl methyl sites for hydroxylation is 1. The van der Waals surface area contributed by atoms with Crippen molar-refractivity contribution in [3.05, 3.63) is 34.6 Å². The molecule has 0 radical (unpaired) electrons. The molecule has 0 unspecified atom stereocenters. The van der Waals surface area contributed by atoms with Gasteiger partial charge in [0, 0.05) is 23.2 Å². The predicted molar refractivity (Wildman–Crippen MR) is 89.3 cm³/mol. The van der Waals surface area contributed by atoms with E-state index in [1.165, 1.54) is 17.4 Å². The number of ether oxygens (including phenoxy) is 2. The molecule has 2 aromatic rings. The molecule has 1 aromatic carbocycles. The van der Waals surface area contributed by atoms with E-state index >= 15 is 0 Å². The van der Waals surface area contributed by atoms with Crippen LogP contribution < -0.4 is 28.7 Å². The Labute approximate surface area is 167 Å². The number of morpholine rings is 1.